The third kappa shape index (κ3) is 1.87. The Bertz CT molecular complexity index is 202. The molecule has 2 aliphatic carbocycles. The molecule has 2 heteroatoms. The quantitative estimate of drug-likeness (QED) is 0.661. The molecule has 2 nitrogen and oxygen atoms in total. The SMILES string of the molecule is NC(=O)[C@@H]1CC[C@@H]2CCCC[C@@H]2C1. The van der Waals surface area contributed by atoms with Gasteiger partial charge in [-0.1, -0.05) is 25.7 Å². The summed E-state index contributed by atoms with van der Waals surface area (Å²) in [7, 11) is 0. The first kappa shape index (κ1) is 9.04. The number of hydrogen-bond acceptors (Lipinski definition) is 1. The molecule has 0 unspecified atom stereocenters. The monoisotopic (exact) mass is 181 g/mol. The Hall–Kier alpha value is -0.530. The second-order valence-corrected chi connectivity index (χ2v) is 4.72. The molecular weight excluding hydrogens is 162 g/mol. The predicted octanol–water partition coefficient (Wildman–Crippen LogP) is 2.08. The Morgan fingerprint density at radius 1 is 1.00 bits per heavy atom. The van der Waals surface area contributed by atoms with Gasteiger partial charge in [0, 0.05) is 5.92 Å². The lowest BCUT2D eigenvalue weighted by atomic mass is 9.67. The largest absolute Gasteiger partial charge is 0.369 e. The molecule has 0 aromatic carbocycles. The molecule has 2 fully saturated rings. The van der Waals surface area contributed by atoms with Gasteiger partial charge in [0.15, 0.2) is 0 Å². The van der Waals surface area contributed by atoms with Gasteiger partial charge in [-0.3, -0.25) is 4.79 Å². The Kier molecular flexibility index (Phi) is 2.56. The topological polar surface area (TPSA) is 43.1 Å². The molecular formula is C11H19NO. The lowest BCUT2D eigenvalue weighted by molar-refractivity contribution is -0.123. The zero-order valence-electron chi connectivity index (χ0n) is 8.17. The van der Waals surface area contributed by atoms with Crippen LogP contribution in [0.4, 0.5) is 0 Å². The second-order valence-electron chi connectivity index (χ2n) is 4.72. The van der Waals surface area contributed by atoms with E-state index in [0.717, 1.165) is 24.7 Å². The molecule has 0 saturated heterocycles. The summed E-state index contributed by atoms with van der Waals surface area (Å²) in [4.78, 5) is 11.1. The van der Waals surface area contributed by atoms with E-state index in [0.29, 0.717) is 0 Å². The molecule has 2 rings (SSSR count). The fraction of sp³-hybridized carbons (Fsp3) is 0.909. The van der Waals surface area contributed by atoms with E-state index in [1.165, 1.54) is 32.1 Å². The van der Waals surface area contributed by atoms with Crippen LogP contribution >= 0.6 is 0 Å². The van der Waals surface area contributed by atoms with E-state index in [1.54, 1.807) is 0 Å². The predicted molar refractivity (Wildman–Crippen MR) is 52.0 cm³/mol. The summed E-state index contributed by atoms with van der Waals surface area (Å²) in [6.45, 7) is 0. The molecule has 13 heavy (non-hydrogen) atoms. The van der Waals surface area contributed by atoms with E-state index in [2.05, 4.69) is 0 Å². The average Bonchev–Trinajstić information content (AvgIpc) is 2.17. The van der Waals surface area contributed by atoms with Gasteiger partial charge >= 0.3 is 0 Å². The molecule has 1 amide bonds. The van der Waals surface area contributed by atoms with Crippen LogP contribution in [0.5, 0.6) is 0 Å². The summed E-state index contributed by atoms with van der Waals surface area (Å²) in [5.41, 5.74) is 5.35. The minimum absolute atomic E-state index is 0.0657. The highest BCUT2D eigenvalue weighted by Crippen LogP contribution is 2.42. The molecule has 0 aliphatic heterocycles. The van der Waals surface area contributed by atoms with E-state index in [-0.39, 0.29) is 11.8 Å². The molecule has 0 radical (unpaired) electrons. The van der Waals surface area contributed by atoms with Crippen molar-refractivity contribution in [3.8, 4) is 0 Å². The maximum atomic E-state index is 11.1. The third-order valence-electron chi connectivity index (χ3n) is 3.94. The second kappa shape index (κ2) is 3.69. The van der Waals surface area contributed by atoms with Gasteiger partial charge in [0.25, 0.3) is 0 Å². The Morgan fingerprint density at radius 3 is 2.38 bits per heavy atom. The van der Waals surface area contributed by atoms with Crippen molar-refractivity contribution in [2.45, 2.75) is 44.9 Å². The molecule has 3 atom stereocenters. The van der Waals surface area contributed by atoms with Gasteiger partial charge in [0.1, 0.15) is 0 Å². The maximum Gasteiger partial charge on any atom is 0.220 e. The van der Waals surface area contributed by atoms with Gasteiger partial charge in [0.2, 0.25) is 5.91 Å². The van der Waals surface area contributed by atoms with Gasteiger partial charge in [-0.2, -0.15) is 0 Å². The molecule has 0 spiro atoms. The fourth-order valence-electron chi connectivity index (χ4n) is 3.13. The summed E-state index contributed by atoms with van der Waals surface area (Å²) in [5.74, 6) is 1.87. The van der Waals surface area contributed by atoms with Crippen molar-refractivity contribution >= 4 is 5.91 Å². The first-order chi connectivity index (χ1) is 6.27. The normalized spacial score (nSPS) is 39.5. The van der Waals surface area contributed by atoms with Gasteiger partial charge in [0.05, 0.1) is 0 Å². The summed E-state index contributed by atoms with van der Waals surface area (Å²) in [6.07, 6.45) is 8.90. The van der Waals surface area contributed by atoms with Crippen molar-refractivity contribution < 1.29 is 4.79 Å². The average molecular weight is 181 g/mol. The lowest BCUT2D eigenvalue weighted by Gasteiger charge is -2.38. The Labute approximate surface area is 79.9 Å². The molecule has 2 N–H and O–H groups in total. The summed E-state index contributed by atoms with van der Waals surface area (Å²) in [5, 5.41) is 0. The zero-order chi connectivity index (χ0) is 9.26. The fourth-order valence-corrected chi connectivity index (χ4v) is 3.13. The van der Waals surface area contributed by atoms with Gasteiger partial charge in [-0.25, -0.2) is 0 Å². The minimum Gasteiger partial charge on any atom is -0.369 e. The van der Waals surface area contributed by atoms with Gasteiger partial charge in [-0.15, -0.1) is 0 Å². The number of carbonyl (C=O) groups is 1. The molecule has 0 bridgehead atoms. The highest BCUT2D eigenvalue weighted by atomic mass is 16.1. The summed E-state index contributed by atoms with van der Waals surface area (Å²) in [6, 6.07) is 0. The summed E-state index contributed by atoms with van der Waals surface area (Å²) >= 11 is 0. The molecule has 0 heterocycles. The van der Waals surface area contributed by atoms with Crippen LogP contribution in [0.1, 0.15) is 44.9 Å². The van der Waals surface area contributed by atoms with Gasteiger partial charge < -0.3 is 5.73 Å². The van der Waals surface area contributed by atoms with Gasteiger partial charge in [-0.05, 0) is 31.1 Å². The maximum absolute atomic E-state index is 11.1. The summed E-state index contributed by atoms with van der Waals surface area (Å²) < 4.78 is 0. The number of amides is 1. The molecule has 2 saturated carbocycles. The standard InChI is InChI=1S/C11H19NO/c12-11(13)10-6-5-8-3-1-2-4-9(8)7-10/h8-10H,1-7H2,(H2,12,13)/t8-,9+,10+/m0/s1. The van der Waals surface area contributed by atoms with Crippen LogP contribution in [0.3, 0.4) is 0 Å². The number of rotatable bonds is 1. The van der Waals surface area contributed by atoms with E-state index >= 15 is 0 Å². The van der Waals surface area contributed by atoms with Crippen LogP contribution in [0, 0.1) is 17.8 Å². The number of hydrogen-bond donors (Lipinski definition) is 1. The Balaban J connectivity index is 1.95. The van der Waals surface area contributed by atoms with Crippen LogP contribution in [0.15, 0.2) is 0 Å². The highest BCUT2D eigenvalue weighted by molar-refractivity contribution is 5.76. The van der Waals surface area contributed by atoms with Crippen molar-refractivity contribution in [2.75, 3.05) is 0 Å². The van der Waals surface area contributed by atoms with Crippen LogP contribution in [0.25, 0.3) is 0 Å². The molecule has 74 valence electrons. The molecule has 0 aromatic heterocycles. The van der Waals surface area contributed by atoms with Crippen LogP contribution in [-0.4, -0.2) is 5.91 Å². The van der Waals surface area contributed by atoms with Crippen molar-refractivity contribution in [3.63, 3.8) is 0 Å². The number of fused-ring (bicyclic) bond motifs is 1. The highest BCUT2D eigenvalue weighted by Gasteiger charge is 2.33. The number of primary amides is 1. The Morgan fingerprint density at radius 2 is 1.69 bits per heavy atom. The van der Waals surface area contributed by atoms with Crippen molar-refractivity contribution in [1.82, 2.24) is 0 Å². The van der Waals surface area contributed by atoms with Crippen molar-refractivity contribution in [1.29, 1.82) is 0 Å². The van der Waals surface area contributed by atoms with Crippen LogP contribution in [-0.2, 0) is 4.79 Å². The molecule has 0 aromatic rings. The van der Waals surface area contributed by atoms with E-state index in [1.807, 2.05) is 0 Å². The zero-order valence-corrected chi connectivity index (χ0v) is 8.17. The molecule has 2 aliphatic rings. The number of carbonyl (C=O) groups excluding carboxylic acids is 1. The van der Waals surface area contributed by atoms with E-state index < -0.39 is 0 Å². The van der Waals surface area contributed by atoms with E-state index in [4.69, 9.17) is 5.73 Å². The van der Waals surface area contributed by atoms with Crippen molar-refractivity contribution in [3.05, 3.63) is 0 Å². The lowest BCUT2D eigenvalue weighted by Crippen LogP contribution is -2.34. The third-order valence-corrected chi connectivity index (χ3v) is 3.94. The first-order valence-electron chi connectivity index (χ1n) is 5.56. The first-order valence-corrected chi connectivity index (χ1v) is 5.56. The minimum atomic E-state index is -0.0657. The van der Waals surface area contributed by atoms with Crippen LogP contribution in [0.2, 0.25) is 0 Å². The smallest absolute Gasteiger partial charge is 0.220 e. The number of nitrogens with two attached hydrogens (primary N) is 1. The van der Waals surface area contributed by atoms with E-state index in [9.17, 15) is 4.79 Å². The van der Waals surface area contributed by atoms with Crippen LogP contribution < -0.4 is 5.73 Å². The van der Waals surface area contributed by atoms with Crippen molar-refractivity contribution in [2.24, 2.45) is 23.5 Å².